The van der Waals surface area contributed by atoms with Gasteiger partial charge >= 0.3 is 5.97 Å². The molecule has 1 atom stereocenters. The summed E-state index contributed by atoms with van der Waals surface area (Å²) in [5.41, 5.74) is 1.17. The highest BCUT2D eigenvalue weighted by Gasteiger charge is 2.18. The van der Waals surface area contributed by atoms with Gasteiger partial charge in [-0.15, -0.1) is 0 Å². The van der Waals surface area contributed by atoms with Crippen molar-refractivity contribution < 1.29 is 9.90 Å². The lowest BCUT2D eigenvalue weighted by Crippen LogP contribution is -2.35. The number of hydrogen-bond acceptors (Lipinski definition) is 3. The minimum atomic E-state index is -0.979. The van der Waals surface area contributed by atoms with Crippen molar-refractivity contribution in [3.63, 3.8) is 0 Å². The third kappa shape index (κ3) is 1.53. The molecule has 1 fully saturated rings. The van der Waals surface area contributed by atoms with E-state index >= 15 is 0 Å². The second-order valence-corrected chi connectivity index (χ2v) is 3.08. The van der Waals surface area contributed by atoms with Crippen LogP contribution < -0.4 is 5.32 Å². The molecular weight excluding hydrogens is 168 g/mol. The average molecular weight is 178 g/mol. The SMILES string of the molecule is O=C(O)c1ccc([C@@H]2CCN2)cn1. The Bertz CT molecular complexity index is 317. The van der Waals surface area contributed by atoms with Crippen LogP contribution >= 0.6 is 0 Å². The van der Waals surface area contributed by atoms with Gasteiger partial charge in [0, 0.05) is 12.2 Å². The molecule has 0 aromatic carbocycles. The van der Waals surface area contributed by atoms with Crippen molar-refractivity contribution >= 4 is 5.97 Å². The van der Waals surface area contributed by atoms with Crippen molar-refractivity contribution in [2.75, 3.05) is 6.54 Å². The Kier molecular flexibility index (Phi) is 1.98. The van der Waals surface area contributed by atoms with Crippen molar-refractivity contribution in [2.45, 2.75) is 12.5 Å². The smallest absolute Gasteiger partial charge is 0.354 e. The zero-order chi connectivity index (χ0) is 9.26. The molecule has 13 heavy (non-hydrogen) atoms. The maximum absolute atomic E-state index is 10.5. The molecule has 2 heterocycles. The van der Waals surface area contributed by atoms with Gasteiger partial charge in [0.2, 0.25) is 0 Å². The van der Waals surface area contributed by atoms with E-state index in [4.69, 9.17) is 5.11 Å². The average Bonchev–Trinajstić information content (AvgIpc) is 2.02. The predicted molar refractivity (Wildman–Crippen MR) is 46.6 cm³/mol. The third-order valence-corrected chi connectivity index (χ3v) is 2.23. The molecule has 0 radical (unpaired) electrons. The summed E-state index contributed by atoms with van der Waals surface area (Å²) in [6, 6.07) is 3.72. The monoisotopic (exact) mass is 178 g/mol. The van der Waals surface area contributed by atoms with Gasteiger partial charge in [0.25, 0.3) is 0 Å². The van der Waals surface area contributed by atoms with Gasteiger partial charge < -0.3 is 10.4 Å². The number of nitrogens with zero attached hydrogens (tertiary/aromatic N) is 1. The van der Waals surface area contributed by atoms with Crippen LogP contribution in [0.4, 0.5) is 0 Å². The molecule has 4 nitrogen and oxygen atoms in total. The Morgan fingerprint density at radius 1 is 1.62 bits per heavy atom. The molecular formula is C9H10N2O2. The van der Waals surface area contributed by atoms with Gasteiger partial charge in [-0.1, -0.05) is 6.07 Å². The highest BCUT2D eigenvalue weighted by molar-refractivity contribution is 5.85. The minimum absolute atomic E-state index is 0.100. The van der Waals surface area contributed by atoms with Gasteiger partial charge in [0.15, 0.2) is 0 Å². The zero-order valence-electron chi connectivity index (χ0n) is 7.03. The molecule has 1 aliphatic rings. The van der Waals surface area contributed by atoms with Crippen LogP contribution in [0, 0.1) is 0 Å². The van der Waals surface area contributed by atoms with Gasteiger partial charge in [-0.2, -0.15) is 0 Å². The van der Waals surface area contributed by atoms with Crippen molar-refractivity contribution in [1.82, 2.24) is 10.3 Å². The van der Waals surface area contributed by atoms with E-state index in [2.05, 4.69) is 10.3 Å². The topological polar surface area (TPSA) is 62.2 Å². The molecule has 1 saturated heterocycles. The molecule has 1 aromatic heterocycles. The van der Waals surface area contributed by atoms with Gasteiger partial charge in [-0.3, -0.25) is 0 Å². The summed E-state index contributed by atoms with van der Waals surface area (Å²) >= 11 is 0. The lowest BCUT2D eigenvalue weighted by molar-refractivity contribution is 0.0690. The molecule has 0 amide bonds. The van der Waals surface area contributed by atoms with E-state index in [0.29, 0.717) is 6.04 Å². The molecule has 1 aromatic rings. The number of nitrogens with one attached hydrogen (secondary N) is 1. The van der Waals surface area contributed by atoms with Crippen molar-refractivity contribution in [2.24, 2.45) is 0 Å². The lowest BCUT2D eigenvalue weighted by atomic mass is 10.00. The fourth-order valence-corrected chi connectivity index (χ4v) is 1.31. The molecule has 0 unspecified atom stereocenters. The zero-order valence-corrected chi connectivity index (χ0v) is 7.03. The van der Waals surface area contributed by atoms with Crippen LogP contribution in [0.5, 0.6) is 0 Å². The van der Waals surface area contributed by atoms with Crippen molar-refractivity contribution in [1.29, 1.82) is 0 Å². The Morgan fingerprint density at radius 3 is 2.77 bits per heavy atom. The van der Waals surface area contributed by atoms with E-state index in [0.717, 1.165) is 18.5 Å². The largest absolute Gasteiger partial charge is 0.477 e. The number of aromatic nitrogens is 1. The first kappa shape index (κ1) is 8.19. The second-order valence-electron chi connectivity index (χ2n) is 3.08. The van der Waals surface area contributed by atoms with Crippen LogP contribution in [0.25, 0.3) is 0 Å². The molecule has 0 bridgehead atoms. The summed E-state index contributed by atoms with van der Waals surface area (Å²) < 4.78 is 0. The van der Waals surface area contributed by atoms with E-state index in [1.54, 1.807) is 6.20 Å². The summed E-state index contributed by atoms with van der Waals surface area (Å²) in [5, 5.41) is 11.8. The van der Waals surface area contributed by atoms with Crippen LogP contribution in [0.2, 0.25) is 0 Å². The van der Waals surface area contributed by atoms with Gasteiger partial charge in [-0.25, -0.2) is 9.78 Å². The van der Waals surface area contributed by atoms with Crippen LogP contribution in [-0.4, -0.2) is 22.6 Å². The minimum Gasteiger partial charge on any atom is -0.477 e. The molecule has 4 heteroatoms. The molecule has 0 saturated carbocycles. The van der Waals surface area contributed by atoms with Gasteiger partial charge in [0.05, 0.1) is 0 Å². The highest BCUT2D eigenvalue weighted by Crippen LogP contribution is 2.21. The summed E-state index contributed by atoms with van der Waals surface area (Å²) in [4.78, 5) is 14.3. The quantitative estimate of drug-likeness (QED) is 0.703. The Balaban J connectivity index is 2.17. The van der Waals surface area contributed by atoms with Gasteiger partial charge in [0.1, 0.15) is 5.69 Å². The molecule has 68 valence electrons. The fourth-order valence-electron chi connectivity index (χ4n) is 1.31. The summed E-state index contributed by atoms with van der Waals surface area (Å²) in [6.07, 6.45) is 2.73. The number of aromatic carboxylic acids is 1. The first-order valence-corrected chi connectivity index (χ1v) is 4.20. The van der Waals surface area contributed by atoms with Crippen LogP contribution in [-0.2, 0) is 0 Å². The first-order chi connectivity index (χ1) is 6.27. The number of rotatable bonds is 2. The Hall–Kier alpha value is -1.42. The number of carboxylic acid groups (broad SMARTS) is 1. The second kappa shape index (κ2) is 3.14. The van der Waals surface area contributed by atoms with Crippen molar-refractivity contribution in [3.05, 3.63) is 29.6 Å². The Labute approximate surface area is 75.6 Å². The fraction of sp³-hybridized carbons (Fsp3) is 0.333. The first-order valence-electron chi connectivity index (χ1n) is 4.20. The van der Waals surface area contributed by atoms with Crippen LogP contribution in [0.15, 0.2) is 18.3 Å². The molecule has 1 aliphatic heterocycles. The van der Waals surface area contributed by atoms with Crippen molar-refractivity contribution in [3.8, 4) is 0 Å². The summed E-state index contributed by atoms with van der Waals surface area (Å²) in [7, 11) is 0. The van der Waals surface area contributed by atoms with Gasteiger partial charge in [-0.05, 0) is 24.6 Å². The number of hydrogen-bond donors (Lipinski definition) is 2. The van der Waals surface area contributed by atoms with E-state index < -0.39 is 5.97 Å². The normalized spacial score (nSPS) is 20.8. The maximum Gasteiger partial charge on any atom is 0.354 e. The molecule has 0 aliphatic carbocycles. The summed E-state index contributed by atoms with van der Waals surface area (Å²) in [5.74, 6) is -0.979. The standard InChI is InChI=1S/C9H10N2O2/c12-9(13)8-2-1-6(5-11-8)7-3-4-10-7/h1-2,5,7,10H,3-4H2,(H,12,13)/t7-/m0/s1. The Morgan fingerprint density at radius 2 is 2.38 bits per heavy atom. The summed E-state index contributed by atoms with van der Waals surface area (Å²) in [6.45, 7) is 1.03. The number of pyridine rings is 1. The van der Waals surface area contributed by atoms with E-state index in [1.165, 1.54) is 6.07 Å². The molecule has 0 spiro atoms. The van der Waals surface area contributed by atoms with E-state index in [-0.39, 0.29) is 5.69 Å². The van der Waals surface area contributed by atoms with E-state index in [1.807, 2.05) is 6.07 Å². The van der Waals surface area contributed by atoms with E-state index in [9.17, 15) is 4.79 Å². The number of carbonyl (C=O) groups is 1. The lowest BCUT2D eigenvalue weighted by Gasteiger charge is -2.27. The third-order valence-electron chi connectivity index (χ3n) is 2.23. The van der Waals surface area contributed by atoms with Crippen LogP contribution in [0.3, 0.4) is 0 Å². The number of carboxylic acids is 1. The predicted octanol–water partition coefficient (Wildman–Crippen LogP) is 0.814. The highest BCUT2D eigenvalue weighted by atomic mass is 16.4. The maximum atomic E-state index is 10.5. The molecule has 2 N–H and O–H groups in total. The molecule has 2 rings (SSSR count). The van der Waals surface area contributed by atoms with Crippen LogP contribution in [0.1, 0.15) is 28.5 Å².